The molecular formula is C21H19ClN2O6S. The van der Waals surface area contributed by atoms with Gasteiger partial charge >= 0.3 is 5.97 Å². The van der Waals surface area contributed by atoms with Crippen LogP contribution >= 0.6 is 22.9 Å². The molecular weight excluding hydrogens is 444 g/mol. The molecule has 1 heterocycles. The number of carbonyl (C=O) groups is 2. The Morgan fingerprint density at radius 3 is 2.39 bits per heavy atom. The van der Waals surface area contributed by atoms with Crippen LogP contribution in [0, 0.1) is 0 Å². The highest BCUT2D eigenvalue weighted by molar-refractivity contribution is 7.14. The summed E-state index contributed by atoms with van der Waals surface area (Å²) in [7, 11) is 4.32. The summed E-state index contributed by atoms with van der Waals surface area (Å²) in [5.74, 6) is -0.328. The molecule has 1 N–H and O–H groups in total. The van der Waals surface area contributed by atoms with E-state index in [1.807, 2.05) is 18.2 Å². The van der Waals surface area contributed by atoms with Crippen LogP contribution in [0.3, 0.4) is 0 Å². The van der Waals surface area contributed by atoms with Crippen LogP contribution in [0.2, 0.25) is 5.02 Å². The van der Waals surface area contributed by atoms with E-state index in [2.05, 4.69) is 10.3 Å². The van der Waals surface area contributed by atoms with E-state index < -0.39 is 18.5 Å². The first-order valence-corrected chi connectivity index (χ1v) is 10.2. The van der Waals surface area contributed by atoms with Crippen LogP contribution in [0.5, 0.6) is 17.2 Å². The Bertz CT molecular complexity index is 1100. The molecule has 10 heteroatoms. The van der Waals surface area contributed by atoms with E-state index in [1.165, 1.54) is 44.8 Å². The lowest BCUT2D eigenvalue weighted by Crippen LogP contribution is -2.21. The van der Waals surface area contributed by atoms with Gasteiger partial charge in [-0.2, -0.15) is 0 Å². The molecule has 0 fully saturated rings. The highest BCUT2D eigenvalue weighted by Crippen LogP contribution is 2.35. The van der Waals surface area contributed by atoms with Crippen LogP contribution in [0.25, 0.3) is 11.3 Å². The van der Waals surface area contributed by atoms with Gasteiger partial charge in [0.05, 0.1) is 27.0 Å². The summed E-state index contributed by atoms with van der Waals surface area (Å²) in [4.78, 5) is 29.0. The van der Waals surface area contributed by atoms with Gasteiger partial charge in [-0.1, -0.05) is 29.8 Å². The molecule has 31 heavy (non-hydrogen) atoms. The van der Waals surface area contributed by atoms with Crippen LogP contribution < -0.4 is 19.5 Å². The van der Waals surface area contributed by atoms with Crippen molar-refractivity contribution in [3.8, 4) is 28.5 Å². The monoisotopic (exact) mass is 462 g/mol. The highest BCUT2D eigenvalue weighted by atomic mass is 35.5. The Balaban J connectivity index is 1.64. The number of methoxy groups -OCH3 is 3. The van der Waals surface area contributed by atoms with Crippen molar-refractivity contribution < 1.29 is 28.5 Å². The zero-order valence-electron chi connectivity index (χ0n) is 16.9. The smallest absolute Gasteiger partial charge is 0.342 e. The lowest BCUT2D eigenvalue weighted by Gasteiger charge is -2.13. The summed E-state index contributed by atoms with van der Waals surface area (Å²) >= 11 is 7.41. The SMILES string of the molecule is COc1cc(OC)c(C(=O)OCC(=O)Nc2nc(-c3ccccc3Cl)cs2)cc1OC. The van der Waals surface area contributed by atoms with E-state index in [1.54, 1.807) is 11.4 Å². The quantitative estimate of drug-likeness (QED) is 0.499. The zero-order chi connectivity index (χ0) is 22.4. The van der Waals surface area contributed by atoms with Crippen LogP contribution in [0.4, 0.5) is 5.13 Å². The number of halogens is 1. The number of benzene rings is 2. The van der Waals surface area contributed by atoms with E-state index >= 15 is 0 Å². The predicted molar refractivity (Wildman–Crippen MR) is 118 cm³/mol. The molecule has 0 saturated heterocycles. The van der Waals surface area contributed by atoms with E-state index in [9.17, 15) is 9.59 Å². The van der Waals surface area contributed by atoms with Crippen LogP contribution in [0.15, 0.2) is 41.8 Å². The Morgan fingerprint density at radius 1 is 1.03 bits per heavy atom. The van der Waals surface area contributed by atoms with Crippen molar-refractivity contribution in [3.05, 3.63) is 52.4 Å². The highest BCUT2D eigenvalue weighted by Gasteiger charge is 2.20. The molecule has 0 radical (unpaired) electrons. The number of ether oxygens (including phenoxy) is 4. The van der Waals surface area contributed by atoms with Gasteiger partial charge < -0.3 is 18.9 Å². The first-order chi connectivity index (χ1) is 15.0. The fourth-order valence-electron chi connectivity index (χ4n) is 2.68. The third-order valence-electron chi connectivity index (χ3n) is 4.16. The Kier molecular flexibility index (Phi) is 7.32. The standard InChI is InChI=1S/C21H19ClN2O6S/c1-27-16-9-18(29-3)17(28-2)8-13(16)20(26)30-10-19(25)24-21-23-15(11-31-21)12-6-4-5-7-14(12)22/h4-9,11H,10H2,1-3H3,(H,23,24,25). The Hall–Kier alpha value is -3.30. The van der Waals surface area contributed by atoms with Crippen LogP contribution in [-0.4, -0.2) is 44.8 Å². The summed E-state index contributed by atoms with van der Waals surface area (Å²) in [6.07, 6.45) is 0. The number of hydrogen-bond donors (Lipinski definition) is 1. The predicted octanol–water partition coefficient (Wildman–Crippen LogP) is 4.28. The summed E-state index contributed by atoms with van der Waals surface area (Å²) in [6.45, 7) is -0.503. The van der Waals surface area contributed by atoms with Crippen molar-refractivity contribution in [1.82, 2.24) is 4.98 Å². The maximum Gasteiger partial charge on any atom is 0.342 e. The molecule has 0 aliphatic carbocycles. The van der Waals surface area contributed by atoms with Gasteiger partial charge in [-0.25, -0.2) is 9.78 Å². The average Bonchev–Trinajstić information content (AvgIpc) is 3.24. The average molecular weight is 463 g/mol. The second-order valence-electron chi connectivity index (χ2n) is 6.05. The number of nitrogens with one attached hydrogen (secondary N) is 1. The summed E-state index contributed by atoms with van der Waals surface area (Å²) in [6, 6.07) is 10.2. The fourth-order valence-corrected chi connectivity index (χ4v) is 3.64. The number of hydrogen-bond acceptors (Lipinski definition) is 8. The van der Waals surface area contributed by atoms with Gasteiger partial charge in [0.15, 0.2) is 23.2 Å². The van der Waals surface area contributed by atoms with Crippen molar-refractivity contribution in [2.24, 2.45) is 0 Å². The minimum absolute atomic E-state index is 0.100. The second-order valence-corrected chi connectivity index (χ2v) is 7.31. The van der Waals surface area contributed by atoms with E-state index in [-0.39, 0.29) is 11.3 Å². The van der Waals surface area contributed by atoms with E-state index in [4.69, 9.17) is 30.5 Å². The Morgan fingerprint density at radius 2 is 1.71 bits per heavy atom. The zero-order valence-corrected chi connectivity index (χ0v) is 18.5. The number of esters is 1. The molecule has 0 spiro atoms. The van der Waals surface area contributed by atoms with E-state index in [0.29, 0.717) is 27.3 Å². The fraction of sp³-hybridized carbons (Fsp3) is 0.190. The van der Waals surface area contributed by atoms with Gasteiger partial charge in [-0.05, 0) is 6.07 Å². The third-order valence-corrected chi connectivity index (χ3v) is 5.25. The molecule has 0 aliphatic heterocycles. The Labute approximate surface area is 187 Å². The summed E-state index contributed by atoms with van der Waals surface area (Å²) < 4.78 is 20.7. The molecule has 0 unspecified atom stereocenters. The maximum absolute atomic E-state index is 12.5. The molecule has 0 bridgehead atoms. The van der Waals surface area contributed by atoms with Crippen molar-refractivity contribution in [2.45, 2.75) is 0 Å². The van der Waals surface area contributed by atoms with Crippen LogP contribution in [-0.2, 0) is 9.53 Å². The second kappa shape index (κ2) is 10.1. The molecule has 0 saturated carbocycles. The van der Waals surface area contributed by atoms with Gasteiger partial charge in [-0.3, -0.25) is 10.1 Å². The van der Waals surface area contributed by atoms with Crippen molar-refractivity contribution in [1.29, 1.82) is 0 Å². The first kappa shape index (κ1) is 22.4. The number of aromatic nitrogens is 1. The van der Waals surface area contributed by atoms with E-state index in [0.717, 1.165) is 5.56 Å². The molecule has 162 valence electrons. The number of rotatable bonds is 8. The molecule has 8 nitrogen and oxygen atoms in total. The number of carbonyl (C=O) groups excluding carboxylic acids is 2. The van der Waals surface area contributed by atoms with Crippen molar-refractivity contribution >= 4 is 39.9 Å². The molecule has 1 amide bonds. The van der Waals surface area contributed by atoms with Gasteiger partial charge in [0.2, 0.25) is 0 Å². The normalized spacial score (nSPS) is 10.3. The van der Waals surface area contributed by atoms with Crippen molar-refractivity contribution in [3.63, 3.8) is 0 Å². The first-order valence-electron chi connectivity index (χ1n) is 8.94. The molecule has 1 aromatic heterocycles. The van der Waals surface area contributed by atoms with Crippen molar-refractivity contribution in [2.75, 3.05) is 33.3 Å². The lowest BCUT2D eigenvalue weighted by atomic mass is 10.1. The summed E-state index contributed by atoms with van der Waals surface area (Å²) in [5.41, 5.74) is 1.49. The minimum atomic E-state index is -0.746. The number of anilines is 1. The largest absolute Gasteiger partial charge is 0.496 e. The molecule has 3 aromatic rings. The molecule has 2 aromatic carbocycles. The molecule has 0 atom stereocenters. The van der Waals surface area contributed by atoms with Gasteiger partial charge in [0, 0.05) is 28.1 Å². The molecule has 0 aliphatic rings. The lowest BCUT2D eigenvalue weighted by molar-refractivity contribution is -0.119. The number of thiazole rings is 1. The third kappa shape index (κ3) is 5.25. The molecule has 3 rings (SSSR count). The van der Waals surface area contributed by atoms with Gasteiger partial charge in [-0.15, -0.1) is 11.3 Å². The number of amides is 1. The number of nitrogens with zero attached hydrogens (tertiary/aromatic N) is 1. The van der Waals surface area contributed by atoms with Crippen LogP contribution in [0.1, 0.15) is 10.4 Å². The van der Waals surface area contributed by atoms with Gasteiger partial charge in [0.25, 0.3) is 5.91 Å². The summed E-state index contributed by atoms with van der Waals surface area (Å²) in [5, 5.41) is 5.29. The van der Waals surface area contributed by atoms with Gasteiger partial charge in [0.1, 0.15) is 11.3 Å². The minimum Gasteiger partial charge on any atom is -0.496 e. The topological polar surface area (TPSA) is 96.0 Å². The maximum atomic E-state index is 12.5.